The van der Waals surface area contributed by atoms with Gasteiger partial charge in [-0.05, 0) is 18.4 Å². The van der Waals surface area contributed by atoms with Crippen molar-refractivity contribution in [2.24, 2.45) is 5.92 Å². The van der Waals surface area contributed by atoms with Crippen molar-refractivity contribution >= 4 is 5.97 Å². The van der Waals surface area contributed by atoms with Crippen LogP contribution >= 0.6 is 0 Å². The van der Waals surface area contributed by atoms with Crippen LogP contribution in [0.1, 0.15) is 32.4 Å². The second-order valence-electron chi connectivity index (χ2n) is 5.65. The molecular formula is C17H25F2NO3. The van der Waals surface area contributed by atoms with Crippen LogP contribution in [0.15, 0.2) is 30.3 Å². The minimum Gasteiger partial charge on any atom is -0.462 e. The maximum Gasteiger partial charge on any atom is 0.378 e. The number of rotatable bonds is 9. The molecule has 0 heterocycles. The molecule has 0 aliphatic heterocycles. The molecule has 0 saturated heterocycles. The molecule has 0 aliphatic rings. The summed E-state index contributed by atoms with van der Waals surface area (Å²) in [7, 11) is 1.51. The third-order valence-corrected chi connectivity index (χ3v) is 3.52. The number of hydrogen-bond donors (Lipinski definition) is 1. The zero-order valence-corrected chi connectivity index (χ0v) is 14.0. The largest absolute Gasteiger partial charge is 0.462 e. The fourth-order valence-corrected chi connectivity index (χ4v) is 2.38. The molecule has 2 atom stereocenters. The molecule has 0 aromatic heterocycles. The molecule has 1 aromatic rings. The molecule has 23 heavy (non-hydrogen) atoms. The Morgan fingerprint density at radius 3 is 2.35 bits per heavy atom. The Labute approximate surface area is 136 Å². The number of nitrogens with one attached hydrogen (secondary N) is 1. The van der Waals surface area contributed by atoms with Gasteiger partial charge in [0.1, 0.15) is 0 Å². The molecule has 6 heteroatoms. The smallest absolute Gasteiger partial charge is 0.378 e. The van der Waals surface area contributed by atoms with E-state index in [2.05, 4.69) is 10.1 Å². The molecule has 130 valence electrons. The molecule has 0 unspecified atom stereocenters. The van der Waals surface area contributed by atoms with Crippen molar-refractivity contribution in [3.05, 3.63) is 35.9 Å². The van der Waals surface area contributed by atoms with E-state index >= 15 is 0 Å². The second-order valence-corrected chi connectivity index (χ2v) is 5.65. The number of benzene rings is 1. The van der Waals surface area contributed by atoms with E-state index in [-0.39, 0.29) is 13.2 Å². The number of esters is 1. The average molecular weight is 329 g/mol. The van der Waals surface area contributed by atoms with E-state index in [0.29, 0.717) is 0 Å². The molecule has 0 bridgehead atoms. The van der Waals surface area contributed by atoms with Crippen LogP contribution in [0.25, 0.3) is 0 Å². The Hall–Kier alpha value is -1.53. The zero-order chi connectivity index (χ0) is 17.5. The first-order valence-corrected chi connectivity index (χ1v) is 7.69. The number of carbonyl (C=O) groups excluding carboxylic acids is 1. The number of halogens is 2. The van der Waals surface area contributed by atoms with E-state index < -0.39 is 29.9 Å². The Morgan fingerprint density at radius 2 is 1.87 bits per heavy atom. The Balaban J connectivity index is 3.02. The van der Waals surface area contributed by atoms with E-state index in [0.717, 1.165) is 5.56 Å². The topological polar surface area (TPSA) is 47.6 Å². The molecule has 0 amide bonds. The minimum atomic E-state index is -3.62. The number of hydrogen-bond acceptors (Lipinski definition) is 4. The summed E-state index contributed by atoms with van der Waals surface area (Å²) in [5, 5.41) is 2.87. The standard InChI is InChI=1S/C17H25F2NO3/c1-5-23-16(21)17(18,19)15(12(2)3)20-14(11-22-4)13-9-7-6-8-10-13/h6-10,12,14-15,20H,5,11H2,1-4H3/t14-,15-/m0/s1. The molecule has 1 rings (SSSR count). The Kier molecular flexibility index (Phi) is 7.58. The van der Waals surface area contributed by atoms with Gasteiger partial charge in [-0.3, -0.25) is 5.32 Å². The van der Waals surface area contributed by atoms with Gasteiger partial charge in [0.15, 0.2) is 0 Å². The van der Waals surface area contributed by atoms with Gasteiger partial charge >= 0.3 is 11.9 Å². The highest BCUT2D eigenvalue weighted by atomic mass is 19.3. The maximum absolute atomic E-state index is 14.5. The van der Waals surface area contributed by atoms with Crippen molar-refractivity contribution < 1.29 is 23.0 Å². The van der Waals surface area contributed by atoms with Gasteiger partial charge < -0.3 is 9.47 Å². The molecule has 0 aliphatic carbocycles. The Morgan fingerprint density at radius 1 is 1.26 bits per heavy atom. The highest BCUT2D eigenvalue weighted by Gasteiger charge is 2.50. The normalized spacial score (nSPS) is 14.6. The van der Waals surface area contributed by atoms with Gasteiger partial charge in [-0.25, -0.2) is 4.79 Å². The van der Waals surface area contributed by atoms with Crippen LogP contribution in [-0.2, 0) is 14.3 Å². The van der Waals surface area contributed by atoms with Crippen LogP contribution in [0.3, 0.4) is 0 Å². The molecule has 0 spiro atoms. The minimum absolute atomic E-state index is 0.0839. The predicted octanol–water partition coefficient (Wildman–Crippen LogP) is 3.19. The van der Waals surface area contributed by atoms with E-state index in [1.54, 1.807) is 13.8 Å². The van der Waals surface area contributed by atoms with Crippen molar-refractivity contribution in [3.8, 4) is 0 Å². The van der Waals surface area contributed by atoms with E-state index in [9.17, 15) is 13.6 Å². The quantitative estimate of drug-likeness (QED) is 0.707. The summed E-state index contributed by atoms with van der Waals surface area (Å²) in [6.45, 7) is 4.91. The van der Waals surface area contributed by atoms with Gasteiger partial charge in [0, 0.05) is 7.11 Å². The molecule has 0 radical (unpaired) electrons. The zero-order valence-electron chi connectivity index (χ0n) is 14.0. The number of carbonyl (C=O) groups is 1. The van der Waals surface area contributed by atoms with Crippen LogP contribution in [0, 0.1) is 5.92 Å². The fourth-order valence-electron chi connectivity index (χ4n) is 2.38. The molecule has 0 fully saturated rings. The summed E-state index contributed by atoms with van der Waals surface area (Å²) in [5.74, 6) is -5.60. The number of ether oxygens (including phenoxy) is 2. The fraction of sp³-hybridized carbons (Fsp3) is 0.588. The summed E-state index contributed by atoms with van der Waals surface area (Å²) < 4.78 is 38.6. The molecule has 1 aromatic carbocycles. The Bertz CT molecular complexity index is 480. The summed E-state index contributed by atoms with van der Waals surface area (Å²) >= 11 is 0. The number of alkyl halides is 2. The van der Waals surface area contributed by atoms with Crippen molar-refractivity contribution in [3.63, 3.8) is 0 Å². The molecule has 1 N–H and O–H groups in total. The second kappa shape index (κ2) is 8.93. The third kappa shape index (κ3) is 5.25. The predicted molar refractivity (Wildman–Crippen MR) is 84.4 cm³/mol. The lowest BCUT2D eigenvalue weighted by atomic mass is 9.95. The summed E-state index contributed by atoms with van der Waals surface area (Å²) in [5.41, 5.74) is 0.819. The highest BCUT2D eigenvalue weighted by Crippen LogP contribution is 2.28. The van der Waals surface area contributed by atoms with Crippen LogP contribution in [-0.4, -0.2) is 38.3 Å². The van der Waals surface area contributed by atoms with Gasteiger partial charge in [-0.2, -0.15) is 8.78 Å². The summed E-state index contributed by atoms with van der Waals surface area (Å²) in [4.78, 5) is 11.6. The molecule has 4 nitrogen and oxygen atoms in total. The first-order chi connectivity index (χ1) is 10.8. The van der Waals surface area contributed by atoms with Gasteiger partial charge in [-0.1, -0.05) is 44.2 Å². The van der Waals surface area contributed by atoms with Crippen molar-refractivity contribution in [2.75, 3.05) is 20.3 Å². The number of methoxy groups -OCH3 is 1. The SMILES string of the molecule is CCOC(=O)C(F)(F)[C@@H](N[C@@H](COC)c1ccccc1)C(C)C. The van der Waals surface area contributed by atoms with Crippen LogP contribution in [0.5, 0.6) is 0 Å². The molecule has 0 saturated carbocycles. The average Bonchev–Trinajstić information content (AvgIpc) is 2.51. The van der Waals surface area contributed by atoms with Crippen molar-refractivity contribution in [1.82, 2.24) is 5.32 Å². The highest BCUT2D eigenvalue weighted by molar-refractivity contribution is 5.78. The van der Waals surface area contributed by atoms with E-state index in [4.69, 9.17) is 4.74 Å². The summed E-state index contributed by atoms with van der Waals surface area (Å²) in [6, 6.07) is 7.35. The summed E-state index contributed by atoms with van der Waals surface area (Å²) in [6.07, 6.45) is 0. The van der Waals surface area contributed by atoms with Gasteiger partial charge in [0.05, 0.1) is 25.3 Å². The first-order valence-electron chi connectivity index (χ1n) is 7.69. The lowest BCUT2D eigenvalue weighted by Gasteiger charge is -2.32. The lowest BCUT2D eigenvalue weighted by molar-refractivity contribution is -0.178. The van der Waals surface area contributed by atoms with Crippen molar-refractivity contribution in [1.29, 1.82) is 0 Å². The molecular weight excluding hydrogens is 304 g/mol. The van der Waals surface area contributed by atoms with Gasteiger partial charge in [0.25, 0.3) is 0 Å². The van der Waals surface area contributed by atoms with Crippen LogP contribution < -0.4 is 5.32 Å². The lowest BCUT2D eigenvalue weighted by Crippen LogP contribution is -2.55. The van der Waals surface area contributed by atoms with Crippen LogP contribution in [0.2, 0.25) is 0 Å². The third-order valence-electron chi connectivity index (χ3n) is 3.52. The maximum atomic E-state index is 14.5. The van der Waals surface area contributed by atoms with Crippen LogP contribution in [0.4, 0.5) is 8.78 Å². The van der Waals surface area contributed by atoms with Gasteiger partial charge in [-0.15, -0.1) is 0 Å². The first kappa shape index (κ1) is 19.5. The van der Waals surface area contributed by atoms with E-state index in [1.807, 2.05) is 30.3 Å². The van der Waals surface area contributed by atoms with Gasteiger partial charge in [0.2, 0.25) is 0 Å². The monoisotopic (exact) mass is 329 g/mol. The van der Waals surface area contributed by atoms with Crippen molar-refractivity contribution in [2.45, 2.75) is 38.8 Å². The van der Waals surface area contributed by atoms with E-state index in [1.165, 1.54) is 14.0 Å².